The number of amides is 1. The molecule has 0 spiro atoms. The Bertz CT molecular complexity index is 922. The van der Waals surface area contributed by atoms with Crippen LogP contribution < -0.4 is 5.43 Å². The van der Waals surface area contributed by atoms with Gasteiger partial charge in [-0.2, -0.15) is 5.10 Å². The van der Waals surface area contributed by atoms with E-state index in [1.807, 2.05) is 85.8 Å². The van der Waals surface area contributed by atoms with Gasteiger partial charge in [-0.15, -0.1) is 0 Å². The van der Waals surface area contributed by atoms with Crippen LogP contribution in [0.1, 0.15) is 18.1 Å². The van der Waals surface area contributed by atoms with Gasteiger partial charge >= 0.3 is 0 Å². The van der Waals surface area contributed by atoms with Crippen molar-refractivity contribution in [3.8, 4) is 0 Å². The third-order valence-electron chi connectivity index (χ3n) is 3.88. The Balaban J connectivity index is 1.62. The molecule has 3 rings (SSSR count). The molecule has 0 bridgehead atoms. The topological polar surface area (TPSA) is 41.5 Å². The monoisotopic (exact) mass is 328 g/mol. The van der Waals surface area contributed by atoms with Gasteiger partial charge in [0.05, 0.1) is 12.6 Å². The number of hydrazone groups is 1. The number of allylic oxidation sites excluding steroid dienone is 1. The highest BCUT2D eigenvalue weighted by molar-refractivity contribution is 5.91. The third kappa shape index (κ3) is 4.64. The molecule has 3 nitrogen and oxygen atoms in total. The summed E-state index contributed by atoms with van der Waals surface area (Å²) in [6.07, 6.45) is 3.98. The first-order chi connectivity index (χ1) is 12.2. The summed E-state index contributed by atoms with van der Waals surface area (Å²) in [5.74, 6) is -0.125. The molecule has 3 aromatic carbocycles. The zero-order valence-corrected chi connectivity index (χ0v) is 14.1. The SMILES string of the molecule is CC(/C=N/NC(=O)Cc1cccc2ccccc12)=C\c1ccccc1. The first-order valence-corrected chi connectivity index (χ1v) is 8.24. The summed E-state index contributed by atoms with van der Waals surface area (Å²) in [5.41, 5.74) is 5.68. The fourth-order valence-corrected chi connectivity index (χ4v) is 2.71. The number of rotatable bonds is 5. The maximum Gasteiger partial charge on any atom is 0.244 e. The summed E-state index contributed by atoms with van der Waals surface area (Å²) in [6, 6.07) is 24.1. The Morgan fingerprint density at radius 1 is 0.960 bits per heavy atom. The van der Waals surface area contributed by atoms with Gasteiger partial charge in [0.15, 0.2) is 0 Å². The lowest BCUT2D eigenvalue weighted by Gasteiger charge is -2.05. The van der Waals surface area contributed by atoms with Crippen LogP contribution in [0.15, 0.2) is 83.5 Å². The molecule has 0 saturated heterocycles. The molecule has 25 heavy (non-hydrogen) atoms. The molecule has 0 heterocycles. The van der Waals surface area contributed by atoms with E-state index in [9.17, 15) is 4.79 Å². The lowest BCUT2D eigenvalue weighted by molar-refractivity contribution is -0.120. The maximum atomic E-state index is 12.2. The molecular formula is C22H20N2O. The van der Waals surface area contributed by atoms with E-state index in [1.54, 1.807) is 6.21 Å². The molecule has 0 aromatic heterocycles. The molecule has 0 aliphatic heterocycles. The van der Waals surface area contributed by atoms with Gasteiger partial charge in [0.1, 0.15) is 0 Å². The lowest BCUT2D eigenvalue weighted by Crippen LogP contribution is -2.19. The number of nitrogens with zero attached hydrogens (tertiary/aromatic N) is 1. The van der Waals surface area contributed by atoms with Crippen molar-refractivity contribution < 1.29 is 4.79 Å². The summed E-state index contributed by atoms with van der Waals surface area (Å²) < 4.78 is 0. The number of carbonyl (C=O) groups is 1. The largest absolute Gasteiger partial charge is 0.273 e. The van der Waals surface area contributed by atoms with Crippen LogP contribution in [-0.4, -0.2) is 12.1 Å². The van der Waals surface area contributed by atoms with E-state index in [-0.39, 0.29) is 5.91 Å². The molecule has 3 heteroatoms. The van der Waals surface area contributed by atoms with Crippen LogP contribution in [0.4, 0.5) is 0 Å². The number of carbonyl (C=O) groups excluding carboxylic acids is 1. The summed E-state index contributed by atoms with van der Waals surface area (Å²) in [5, 5.41) is 6.29. The number of fused-ring (bicyclic) bond motifs is 1. The minimum atomic E-state index is -0.125. The maximum absolute atomic E-state index is 12.2. The Morgan fingerprint density at radius 2 is 1.68 bits per heavy atom. The van der Waals surface area contributed by atoms with Gasteiger partial charge in [-0.3, -0.25) is 4.79 Å². The van der Waals surface area contributed by atoms with E-state index < -0.39 is 0 Å². The standard InChI is InChI=1S/C22H20N2O/c1-17(14-18-8-3-2-4-9-18)16-23-24-22(25)15-20-12-7-11-19-10-5-6-13-21(19)20/h2-14,16H,15H2,1H3,(H,24,25)/b17-14+,23-16+. The molecule has 0 saturated carbocycles. The Hall–Kier alpha value is -3.20. The Kier molecular flexibility index (Phi) is 5.37. The highest BCUT2D eigenvalue weighted by Crippen LogP contribution is 2.18. The fourth-order valence-electron chi connectivity index (χ4n) is 2.71. The zero-order valence-electron chi connectivity index (χ0n) is 14.1. The quantitative estimate of drug-likeness (QED) is 0.540. The molecule has 1 N–H and O–H groups in total. The van der Waals surface area contributed by atoms with Gasteiger partial charge in [0.25, 0.3) is 0 Å². The molecule has 0 radical (unpaired) electrons. The summed E-state index contributed by atoms with van der Waals surface area (Å²) in [4.78, 5) is 12.2. The summed E-state index contributed by atoms with van der Waals surface area (Å²) in [6.45, 7) is 1.95. The normalized spacial score (nSPS) is 11.8. The number of hydrogen-bond acceptors (Lipinski definition) is 2. The molecule has 0 atom stereocenters. The van der Waals surface area contributed by atoms with E-state index >= 15 is 0 Å². The molecule has 3 aromatic rings. The van der Waals surface area contributed by atoms with Crippen molar-refractivity contribution in [2.24, 2.45) is 5.10 Å². The molecule has 124 valence electrons. The van der Waals surface area contributed by atoms with Gasteiger partial charge in [0.2, 0.25) is 5.91 Å². The highest BCUT2D eigenvalue weighted by atomic mass is 16.2. The second kappa shape index (κ2) is 8.06. The lowest BCUT2D eigenvalue weighted by atomic mass is 10.0. The highest BCUT2D eigenvalue weighted by Gasteiger charge is 2.05. The van der Waals surface area contributed by atoms with Crippen LogP contribution >= 0.6 is 0 Å². The van der Waals surface area contributed by atoms with Crippen molar-refractivity contribution >= 4 is 29.0 Å². The van der Waals surface area contributed by atoms with Crippen LogP contribution in [0, 0.1) is 0 Å². The van der Waals surface area contributed by atoms with Crippen molar-refractivity contribution in [3.05, 3.63) is 89.5 Å². The van der Waals surface area contributed by atoms with Crippen molar-refractivity contribution in [3.63, 3.8) is 0 Å². The van der Waals surface area contributed by atoms with Gasteiger partial charge in [-0.1, -0.05) is 78.9 Å². The van der Waals surface area contributed by atoms with Gasteiger partial charge in [0, 0.05) is 0 Å². The summed E-state index contributed by atoms with van der Waals surface area (Å²) >= 11 is 0. The van der Waals surface area contributed by atoms with Crippen molar-refractivity contribution in [1.82, 2.24) is 5.43 Å². The molecule has 1 amide bonds. The average Bonchev–Trinajstić information content (AvgIpc) is 2.63. The van der Waals surface area contributed by atoms with Gasteiger partial charge in [-0.05, 0) is 34.4 Å². The minimum absolute atomic E-state index is 0.125. The Morgan fingerprint density at radius 3 is 2.52 bits per heavy atom. The van der Waals surface area contributed by atoms with E-state index in [1.165, 1.54) is 0 Å². The number of hydrogen-bond donors (Lipinski definition) is 1. The van der Waals surface area contributed by atoms with Crippen LogP contribution in [-0.2, 0) is 11.2 Å². The van der Waals surface area contributed by atoms with Crippen molar-refractivity contribution in [2.75, 3.05) is 0 Å². The molecule has 0 aliphatic carbocycles. The zero-order chi connectivity index (χ0) is 17.5. The van der Waals surface area contributed by atoms with E-state index in [4.69, 9.17) is 0 Å². The second-order valence-electron chi connectivity index (χ2n) is 5.91. The second-order valence-corrected chi connectivity index (χ2v) is 5.91. The number of nitrogens with one attached hydrogen (secondary N) is 1. The van der Waals surface area contributed by atoms with E-state index in [0.717, 1.165) is 27.5 Å². The minimum Gasteiger partial charge on any atom is -0.273 e. The third-order valence-corrected chi connectivity index (χ3v) is 3.88. The fraction of sp³-hybridized carbons (Fsp3) is 0.0909. The first kappa shape index (κ1) is 16.7. The Labute approximate surface area is 147 Å². The van der Waals surface area contributed by atoms with Gasteiger partial charge < -0.3 is 0 Å². The molecule has 0 unspecified atom stereocenters. The number of benzene rings is 3. The molecule has 0 aliphatic rings. The summed E-state index contributed by atoms with van der Waals surface area (Å²) in [7, 11) is 0. The average molecular weight is 328 g/mol. The van der Waals surface area contributed by atoms with Crippen molar-refractivity contribution in [1.29, 1.82) is 0 Å². The van der Waals surface area contributed by atoms with Crippen LogP contribution in [0.25, 0.3) is 16.8 Å². The predicted molar refractivity (Wildman–Crippen MR) is 104 cm³/mol. The van der Waals surface area contributed by atoms with Crippen molar-refractivity contribution in [2.45, 2.75) is 13.3 Å². The van der Waals surface area contributed by atoms with E-state index in [0.29, 0.717) is 6.42 Å². The van der Waals surface area contributed by atoms with Crippen LogP contribution in [0.2, 0.25) is 0 Å². The van der Waals surface area contributed by atoms with E-state index in [2.05, 4.69) is 10.5 Å². The predicted octanol–water partition coefficient (Wildman–Crippen LogP) is 4.59. The van der Waals surface area contributed by atoms with Crippen LogP contribution in [0.5, 0.6) is 0 Å². The molecular weight excluding hydrogens is 308 g/mol. The smallest absolute Gasteiger partial charge is 0.244 e. The first-order valence-electron chi connectivity index (χ1n) is 8.24. The molecule has 0 fully saturated rings. The van der Waals surface area contributed by atoms with Gasteiger partial charge in [-0.25, -0.2) is 5.43 Å². The van der Waals surface area contributed by atoms with Crippen LogP contribution in [0.3, 0.4) is 0 Å².